The van der Waals surface area contributed by atoms with E-state index in [-0.39, 0.29) is 5.91 Å². The molecule has 2 aromatic heterocycles. The molecule has 2 aromatic rings. The number of carbonyl (C=O) groups excluding carboxylic acids is 1. The second-order valence-electron chi connectivity index (χ2n) is 7.39. The highest BCUT2D eigenvalue weighted by Crippen LogP contribution is 2.22. The summed E-state index contributed by atoms with van der Waals surface area (Å²) >= 11 is 1.77. The monoisotopic (exact) mass is 371 g/mol. The summed E-state index contributed by atoms with van der Waals surface area (Å²) in [6.07, 6.45) is 5.93. The fourth-order valence-corrected chi connectivity index (χ4v) is 4.58. The van der Waals surface area contributed by atoms with Gasteiger partial charge in [0.25, 0.3) is 0 Å². The van der Waals surface area contributed by atoms with E-state index < -0.39 is 0 Å². The summed E-state index contributed by atoms with van der Waals surface area (Å²) in [5.41, 5.74) is 0.950. The molecule has 3 rings (SSSR count). The van der Waals surface area contributed by atoms with E-state index in [0.29, 0.717) is 25.4 Å². The molecule has 0 saturated carbocycles. The molecule has 4 nitrogen and oxygen atoms in total. The van der Waals surface area contributed by atoms with Crippen LogP contribution in [0.4, 0.5) is 0 Å². The minimum absolute atomic E-state index is 0.245. The smallest absolute Gasteiger partial charge is 0.223 e. The second-order valence-corrected chi connectivity index (χ2v) is 8.76. The number of aromatic nitrogens is 1. The molecule has 1 aliphatic heterocycles. The third-order valence-corrected chi connectivity index (χ3v) is 6.05. The lowest BCUT2D eigenvalue weighted by atomic mass is 9.93. The zero-order valence-corrected chi connectivity index (χ0v) is 16.7. The van der Waals surface area contributed by atoms with Gasteiger partial charge >= 0.3 is 0 Å². The number of piperidine rings is 1. The molecule has 0 spiro atoms. The van der Waals surface area contributed by atoms with Gasteiger partial charge in [-0.05, 0) is 70.0 Å². The van der Waals surface area contributed by atoms with E-state index in [1.807, 2.05) is 23.1 Å². The number of pyridine rings is 1. The van der Waals surface area contributed by atoms with Crippen LogP contribution in [0, 0.1) is 12.8 Å². The fraction of sp³-hybridized carbons (Fsp3) is 0.524. The van der Waals surface area contributed by atoms with Crippen LogP contribution in [0.15, 0.2) is 36.5 Å². The van der Waals surface area contributed by atoms with Gasteiger partial charge in [-0.3, -0.25) is 9.78 Å². The molecular weight excluding hydrogens is 342 g/mol. The quantitative estimate of drug-likeness (QED) is 0.735. The van der Waals surface area contributed by atoms with E-state index in [9.17, 15) is 4.79 Å². The minimum atomic E-state index is 0.245. The molecule has 0 N–H and O–H groups in total. The van der Waals surface area contributed by atoms with Crippen molar-refractivity contribution in [1.82, 2.24) is 14.8 Å². The van der Waals surface area contributed by atoms with Crippen molar-refractivity contribution in [2.75, 3.05) is 20.1 Å². The molecule has 26 heavy (non-hydrogen) atoms. The van der Waals surface area contributed by atoms with Crippen molar-refractivity contribution in [2.24, 2.45) is 5.92 Å². The summed E-state index contributed by atoms with van der Waals surface area (Å²) in [6, 6.07) is 10.2. The summed E-state index contributed by atoms with van der Waals surface area (Å²) in [5.74, 6) is 0.897. The maximum absolute atomic E-state index is 13.0. The Morgan fingerprint density at radius 2 is 2.19 bits per heavy atom. The number of amides is 1. The number of hydrogen-bond acceptors (Lipinski definition) is 4. The average Bonchev–Trinajstić information content (AvgIpc) is 3.05. The van der Waals surface area contributed by atoms with Gasteiger partial charge in [0.05, 0.1) is 18.8 Å². The van der Waals surface area contributed by atoms with Crippen LogP contribution in [-0.4, -0.2) is 40.8 Å². The number of aryl methyl sites for hydroxylation is 1. The van der Waals surface area contributed by atoms with Gasteiger partial charge in [0.1, 0.15) is 0 Å². The zero-order valence-electron chi connectivity index (χ0n) is 15.9. The number of likely N-dealkylation sites (tertiary alicyclic amines) is 1. The largest absolute Gasteiger partial charge is 0.332 e. The summed E-state index contributed by atoms with van der Waals surface area (Å²) in [7, 11) is 2.18. The van der Waals surface area contributed by atoms with Gasteiger partial charge < -0.3 is 9.80 Å². The molecule has 0 aromatic carbocycles. The maximum atomic E-state index is 13.0. The number of rotatable bonds is 7. The molecule has 3 heterocycles. The second kappa shape index (κ2) is 9.28. The Kier molecular flexibility index (Phi) is 6.80. The molecule has 140 valence electrons. The third kappa shape index (κ3) is 5.64. The summed E-state index contributed by atoms with van der Waals surface area (Å²) in [5, 5.41) is 0. The molecule has 0 aliphatic carbocycles. The van der Waals surface area contributed by atoms with Crippen molar-refractivity contribution in [2.45, 2.75) is 45.7 Å². The topological polar surface area (TPSA) is 36.4 Å². The highest BCUT2D eigenvalue weighted by Gasteiger charge is 2.21. The molecule has 1 fully saturated rings. The van der Waals surface area contributed by atoms with Crippen LogP contribution in [0.1, 0.15) is 41.1 Å². The lowest BCUT2D eigenvalue weighted by molar-refractivity contribution is -0.132. The summed E-state index contributed by atoms with van der Waals surface area (Å²) < 4.78 is 0. The Morgan fingerprint density at radius 1 is 1.31 bits per heavy atom. The Labute approximate surface area is 160 Å². The minimum Gasteiger partial charge on any atom is -0.332 e. The van der Waals surface area contributed by atoms with E-state index in [4.69, 9.17) is 0 Å². The van der Waals surface area contributed by atoms with Crippen LogP contribution in [-0.2, 0) is 17.9 Å². The Hall–Kier alpha value is -1.72. The van der Waals surface area contributed by atoms with Crippen LogP contribution in [0.2, 0.25) is 0 Å². The number of nitrogens with zero attached hydrogens (tertiary/aromatic N) is 3. The number of carbonyl (C=O) groups is 1. The number of thiophene rings is 1. The van der Waals surface area contributed by atoms with Gasteiger partial charge in [-0.25, -0.2) is 0 Å². The molecule has 1 amide bonds. The van der Waals surface area contributed by atoms with Gasteiger partial charge in [0.15, 0.2) is 0 Å². The van der Waals surface area contributed by atoms with E-state index in [0.717, 1.165) is 18.7 Å². The van der Waals surface area contributed by atoms with Gasteiger partial charge in [-0.15, -0.1) is 11.3 Å². The van der Waals surface area contributed by atoms with Crippen molar-refractivity contribution >= 4 is 17.2 Å². The van der Waals surface area contributed by atoms with Crippen molar-refractivity contribution in [3.63, 3.8) is 0 Å². The van der Waals surface area contributed by atoms with Gasteiger partial charge in [-0.1, -0.05) is 6.07 Å². The molecule has 1 aliphatic rings. The van der Waals surface area contributed by atoms with Crippen LogP contribution in [0.5, 0.6) is 0 Å². The summed E-state index contributed by atoms with van der Waals surface area (Å²) in [6.45, 7) is 5.68. The highest BCUT2D eigenvalue weighted by molar-refractivity contribution is 7.11. The number of hydrogen-bond donors (Lipinski definition) is 0. The lowest BCUT2D eigenvalue weighted by Gasteiger charge is -2.30. The third-order valence-electron chi connectivity index (χ3n) is 5.06. The Morgan fingerprint density at radius 3 is 2.88 bits per heavy atom. The van der Waals surface area contributed by atoms with Crippen molar-refractivity contribution < 1.29 is 4.79 Å². The van der Waals surface area contributed by atoms with E-state index >= 15 is 0 Å². The van der Waals surface area contributed by atoms with E-state index in [1.54, 1.807) is 17.5 Å². The van der Waals surface area contributed by atoms with Crippen molar-refractivity contribution in [3.8, 4) is 0 Å². The molecule has 0 unspecified atom stereocenters. The standard InChI is InChI=1S/C21H29N3OS/c1-17-8-10-20(26-17)16-24(15-19-7-3-4-12-22-19)21(25)11-9-18-6-5-13-23(2)14-18/h3-4,7-8,10,12,18H,5-6,9,11,13-16H2,1-2H3/t18-/m1/s1. The average molecular weight is 372 g/mol. The lowest BCUT2D eigenvalue weighted by Crippen LogP contribution is -2.34. The maximum Gasteiger partial charge on any atom is 0.223 e. The van der Waals surface area contributed by atoms with Crippen LogP contribution in [0.3, 0.4) is 0 Å². The first kappa shape index (κ1) is 19.1. The predicted molar refractivity (Wildman–Crippen MR) is 107 cm³/mol. The van der Waals surface area contributed by atoms with Crippen LogP contribution < -0.4 is 0 Å². The SMILES string of the molecule is Cc1ccc(CN(Cc2ccccn2)C(=O)CC[C@H]2CCCN(C)C2)s1. The highest BCUT2D eigenvalue weighted by atomic mass is 32.1. The summed E-state index contributed by atoms with van der Waals surface area (Å²) in [4.78, 5) is 24.3. The van der Waals surface area contributed by atoms with Gasteiger partial charge in [-0.2, -0.15) is 0 Å². The first-order valence-corrected chi connectivity index (χ1v) is 10.3. The van der Waals surface area contributed by atoms with E-state index in [2.05, 4.69) is 36.0 Å². The molecular formula is C21H29N3OS. The fourth-order valence-electron chi connectivity index (χ4n) is 3.67. The molecule has 0 bridgehead atoms. The van der Waals surface area contributed by atoms with Crippen LogP contribution in [0.25, 0.3) is 0 Å². The van der Waals surface area contributed by atoms with Crippen molar-refractivity contribution in [3.05, 3.63) is 52.0 Å². The normalized spacial score (nSPS) is 18.0. The Balaban J connectivity index is 1.62. The van der Waals surface area contributed by atoms with E-state index in [1.165, 1.54) is 29.1 Å². The molecule has 1 atom stereocenters. The van der Waals surface area contributed by atoms with Crippen LogP contribution >= 0.6 is 11.3 Å². The zero-order chi connectivity index (χ0) is 18.4. The molecule has 5 heteroatoms. The first-order chi connectivity index (χ1) is 12.6. The molecule has 0 radical (unpaired) electrons. The van der Waals surface area contributed by atoms with Gasteiger partial charge in [0.2, 0.25) is 5.91 Å². The van der Waals surface area contributed by atoms with Crippen molar-refractivity contribution in [1.29, 1.82) is 0 Å². The van der Waals surface area contributed by atoms with Gasteiger partial charge in [0, 0.05) is 28.9 Å². The first-order valence-electron chi connectivity index (χ1n) is 9.51. The predicted octanol–water partition coefficient (Wildman–Crippen LogP) is 4.10. The molecule has 1 saturated heterocycles. The Bertz CT molecular complexity index is 700.